The van der Waals surface area contributed by atoms with E-state index in [1.54, 1.807) is 0 Å². The number of aliphatic hydroxyl groups is 1. The van der Waals surface area contributed by atoms with Crippen LogP contribution in [0.5, 0.6) is 0 Å². The van der Waals surface area contributed by atoms with Gasteiger partial charge in [-0.05, 0) is 13.3 Å². The number of hydrogen-bond donors (Lipinski definition) is 1. The first-order chi connectivity index (χ1) is 5.13. The number of carbonyl (C=O) groups is 2. The van der Waals surface area contributed by atoms with Crippen molar-refractivity contribution in [1.29, 1.82) is 0 Å². The maximum atomic E-state index is 10.8. The molecule has 0 bridgehead atoms. The summed E-state index contributed by atoms with van der Waals surface area (Å²) >= 11 is 0. The van der Waals surface area contributed by atoms with E-state index in [0.717, 1.165) is 0 Å². The smallest absolute Gasteiger partial charge is 0.316 e. The first-order valence-corrected chi connectivity index (χ1v) is 3.32. The Balaban J connectivity index is 4.09. The van der Waals surface area contributed by atoms with Crippen LogP contribution in [0.2, 0.25) is 0 Å². The highest BCUT2D eigenvalue weighted by Crippen LogP contribution is 2.05. The van der Waals surface area contributed by atoms with Crippen LogP contribution in [0.1, 0.15) is 13.3 Å². The number of ketones is 1. The largest absolute Gasteiger partial charge is 0.468 e. The summed E-state index contributed by atoms with van der Waals surface area (Å²) in [5.41, 5.74) is 0. The summed E-state index contributed by atoms with van der Waals surface area (Å²) in [7, 11) is 1.22. The molecule has 64 valence electrons. The standard InChI is InChI=1S/C7H12O4/c1-5(9)6(3-4-8)7(10)11-2/h6,8H,3-4H2,1-2H3. The molecule has 0 aliphatic heterocycles. The van der Waals surface area contributed by atoms with Gasteiger partial charge >= 0.3 is 5.97 Å². The van der Waals surface area contributed by atoms with Gasteiger partial charge in [0.2, 0.25) is 0 Å². The van der Waals surface area contributed by atoms with Gasteiger partial charge in [0.15, 0.2) is 0 Å². The Bertz CT molecular complexity index is 153. The van der Waals surface area contributed by atoms with Crippen LogP contribution in [0.15, 0.2) is 0 Å². The van der Waals surface area contributed by atoms with Crippen molar-refractivity contribution in [1.82, 2.24) is 0 Å². The van der Waals surface area contributed by atoms with Crippen LogP contribution in [0.4, 0.5) is 0 Å². The zero-order chi connectivity index (χ0) is 8.85. The van der Waals surface area contributed by atoms with E-state index in [-0.39, 0.29) is 18.8 Å². The van der Waals surface area contributed by atoms with Crippen LogP contribution in [0, 0.1) is 5.92 Å². The van der Waals surface area contributed by atoms with E-state index in [4.69, 9.17) is 5.11 Å². The summed E-state index contributed by atoms with van der Waals surface area (Å²) in [5.74, 6) is -1.65. The van der Waals surface area contributed by atoms with E-state index < -0.39 is 11.9 Å². The summed E-state index contributed by atoms with van der Waals surface area (Å²) in [4.78, 5) is 21.5. The van der Waals surface area contributed by atoms with E-state index in [2.05, 4.69) is 4.74 Å². The van der Waals surface area contributed by atoms with E-state index >= 15 is 0 Å². The molecule has 4 nitrogen and oxygen atoms in total. The quantitative estimate of drug-likeness (QED) is 0.455. The van der Waals surface area contributed by atoms with Crippen LogP contribution >= 0.6 is 0 Å². The van der Waals surface area contributed by atoms with Gasteiger partial charge in [0, 0.05) is 6.61 Å². The van der Waals surface area contributed by atoms with Crippen molar-refractivity contribution in [3.63, 3.8) is 0 Å². The third-order valence-electron chi connectivity index (χ3n) is 1.39. The second-order valence-electron chi connectivity index (χ2n) is 2.20. The minimum absolute atomic E-state index is 0.141. The summed E-state index contributed by atoms with van der Waals surface area (Å²) in [6, 6.07) is 0. The molecule has 0 amide bonds. The van der Waals surface area contributed by atoms with Crippen molar-refractivity contribution in [3.8, 4) is 0 Å². The molecule has 0 rings (SSSR count). The molecule has 1 atom stereocenters. The van der Waals surface area contributed by atoms with Gasteiger partial charge in [-0.25, -0.2) is 0 Å². The van der Waals surface area contributed by atoms with Gasteiger partial charge in [-0.3, -0.25) is 9.59 Å². The molecule has 0 aromatic heterocycles. The average Bonchev–Trinajstić information content (AvgIpc) is 1.98. The molecule has 0 aromatic carbocycles. The highest BCUT2D eigenvalue weighted by atomic mass is 16.5. The van der Waals surface area contributed by atoms with Crippen molar-refractivity contribution in [3.05, 3.63) is 0 Å². The van der Waals surface area contributed by atoms with Crippen molar-refractivity contribution >= 4 is 11.8 Å². The molecule has 0 heterocycles. The molecular formula is C7H12O4. The number of aliphatic hydroxyl groups excluding tert-OH is 1. The normalized spacial score (nSPS) is 12.3. The SMILES string of the molecule is COC(=O)C(CCO)C(C)=O. The molecule has 0 aliphatic carbocycles. The topological polar surface area (TPSA) is 63.6 Å². The van der Waals surface area contributed by atoms with Crippen molar-refractivity contribution < 1.29 is 19.4 Å². The summed E-state index contributed by atoms with van der Waals surface area (Å²) in [6.45, 7) is 1.12. The molecule has 4 heteroatoms. The van der Waals surface area contributed by atoms with Gasteiger partial charge in [-0.15, -0.1) is 0 Å². The van der Waals surface area contributed by atoms with E-state index in [0.29, 0.717) is 0 Å². The van der Waals surface area contributed by atoms with Crippen LogP contribution in [-0.4, -0.2) is 30.6 Å². The lowest BCUT2D eigenvalue weighted by Crippen LogP contribution is -2.24. The number of esters is 1. The Hall–Kier alpha value is -0.900. The van der Waals surface area contributed by atoms with Gasteiger partial charge in [0.25, 0.3) is 0 Å². The van der Waals surface area contributed by atoms with Gasteiger partial charge in [0.05, 0.1) is 7.11 Å². The fraction of sp³-hybridized carbons (Fsp3) is 0.714. The second-order valence-corrected chi connectivity index (χ2v) is 2.20. The summed E-state index contributed by atoms with van der Waals surface area (Å²) < 4.78 is 4.36. The summed E-state index contributed by atoms with van der Waals surface area (Å²) in [6.07, 6.45) is 0.141. The minimum atomic E-state index is -0.801. The van der Waals surface area contributed by atoms with Gasteiger partial charge < -0.3 is 9.84 Å². The molecule has 0 aliphatic rings. The molecule has 0 fully saturated rings. The molecule has 11 heavy (non-hydrogen) atoms. The molecule has 0 aromatic rings. The molecule has 0 saturated carbocycles. The lowest BCUT2D eigenvalue weighted by atomic mass is 10.0. The third kappa shape index (κ3) is 3.13. The number of carbonyl (C=O) groups excluding carboxylic acids is 2. The number of rotatable bonds is 4. The lowest BCUT2D eigenvalue weighted by molar-refractivity contribution is -0.149. The second kappa shape index (κ2) is 4.85. The predicted molar refractivity (Wildman–Crippen MR) is 37.9 cm³/mol. The van der Waals surface area contributed by atoms with Crippen LogP contribution in [0.3, 0.4) is 0 Å². The van der Waals surface area contributed by atoms with Crippen LogP contribution in [0.25, 0.3) is 0 Å². The monoisotopic (exact) mass is 160 g/mol. The zero-order valence-electron chi connectivity index (χ0n) is 6.66. The molecule has 0 spiro atoms. The van der Waals surface area contributed by atoms with Crippen LogP contribution in [-0.2, 0) is 14.3 Å². The van der Waals surface area contributed by atoms with E-state index in [1.807, 2.05) is 0 Å². The first-order valence-electron chi connectivity index (χ1n) is 3.32. The van der Waals surface area contributed by atoms with Gasteiger partial charge in [0.1, 0.15) is 11.7 Å². The Labute approximate surface area is 65.2 Å². The Morgan fingerprint density at radius 2 is 2.09 bits per heavy atom. The number of hydrogen-bond acceptors (Lipinski definition) is 4. The Kier molecular flexibility index (Phi) is 4.45. The maximum absolute atomic E-state index is 10.8. The molecule has 0 saturated heterocycles. The maximum Gasteiger partial charge on any atom is 0.316 e. The highest BCUT2D eigenvalue weighted by molar-refractivity contribution is 5.97. The molecular weight excluding hydrogens is 148 g/mol. The fourth-order valence-corrected chi connectivity index (χ4v) is 0.758. The number of methoxy groups -OCH3 is 1. The average molecular weight is 160 g/mol. The molecule has 1 unspecified atom stereocenters. The van der Waals surface area contributed by atoms with Crippen molar-refractivity contribution in [2.75, 3.05) is 13.7 Å². The minimum Gasteiger partial charge on any atom is -0.468 e. The van der Waals surface area contributed by atoms with Crippen molar-refractivity contribution in [2.24, 2.45) is 5.92 Å². The third-order valence-corrected chi connectivity index (χ3v) is 1.39. The zero-order valence-corrected chi connectivity index (χ0v) is 6.66. The van der Waals surface area contributed by atoms with E-state index in [1.165, 1.54) is 14.0 Å². The van der Waals surface area contributed by atoms with Crippen molar-refractivity contribution in [2.45, 2.75) is 13.3 Å². The summed E-state index contributed by atoms with van der Waals surface area (Å²) in [5, 5.41) is 8.47. The highest BCUT2D eigenvalue weighted by Gasteiger charge is 2.22. The van der Waals surface area contributed by atoms with Gasteiger partial charge in [-0.2, -0.15) is 0 Å². The lowest BCUT2D eigenvalue weighted by Gasteiger charge is -2.08. The molecule has 0 radical (unpaired) electrons. The predicted octanol–water partition coefficient (Wildman–Crippen LogP) is -0.253. The fourth-order valence-electron chi connectivity index (χ4n) is 0.758. The molecule has 1 N–H and O–H groups in total. The Morgan fingerprint density at radius 3 is 2.36 bits per heavy atom. The number of ether oxygens (including phenoxy) is 1. The Morgan fingerprint density at radius 1 is 1.55 bits per heavy atom. The van der Waals surface area contributed by atoms with E-state index in [9.17, 15) is 9.59 Å². The van der Waals surface area contributed by atoms with Crippen LogP contribution < -0.4 is 0 Å². The number of Topliss-reactive ketones (excluding diaryl/α,β-unsaturated/α-hetero) is 1. The van der Waals surface area contributed by atoms with Gasteiger partial charge in [-0.1, -0.05) is 0 Å². The first kappa shape index (κ1) is 10.1.